The monoisotopic (exact) mass is 455 g/mol. The van der Waals surface area contributed by atoms with Crippen molar-refractivity contribution in [1.29, 1.82) is 0 Å². The van der Waals surface area contributed by atoms with Gasteiger partial charge in [-0.05, 0) is 44.7 Å². The number of fused-ring (bicyclic) bond motifs is 5. The van der Waals surface area contributed by atoms with E-state index in [-0.39, 0.29) is 29.5 Å². The number of nitrogens with zero attached hydrogens (tertiary/aromatic N) is 5. The molecule has 4 aliphatic heterocycles. The second-order valence-electron chi connectivity index (χ2n) is 9.36. The van der Waals surface area contributed by atoms with Crippen LogP contribution in [0, 0.1) is 11.2 Å². The van der Waals surface area contributed by atoms with Crippen LogP contribution in [-0.2, 0) is 16.0 Å². The van der Waals surface area contributed by atoms with E-state index < -0.39 is 17.1 Å². The molecule has 10 heteroatoms. The van der Waals surface area contributed by atoms with Gasteiger partial charge in [-0.1, -0.05) is 5.16 Å². The van der Waals surface area contributed by atoms with Gasteiger partial charge >= 0.3 is 0 Å². The summed E-state index contributed by atoms with van der Waals surface area (Å²) < 4.78 is 27.5. The van der Waals surface area contributed by atoms with E-state index in [9.17, 15) is 4.79 Å². The Kier molecular flexibility index (Phi) is 4.77. The number of halogens is 1. The third-order valence-corrected chi connectivity index (χ3v) is 7.03. The van der Waals surface area contributed by atoms with E-state index in [2.05, 4.69) is 20.0 Å². The molecule has 0 N–H and O–H groups in total. The van der Waals surface area contributed by atoms with Crippen molar-refractivity contribution in [3.63, 3.8) is 0 Å². The molecule has 0 saturated carbocycles. The predicted octanol–water partition coefficient (Wildman–Crippen LogP) is 2.77. The van der Waals surface area contributed by atoms with Crippen molar-refractivity contribution < 1.29 is 23.3 Å². The van der Waals surface area contributed by atoms with Crippen molar-refractivity contribution in [3.8, 4) is 0 Å². The number of hydrogen-bond donors (Lipinski definition) is 0. The fourth-order valence-corrected chi connectivity index (χ4v) is 5.82. The minimum absolute atomic E-state index is 0.0124. The third kappa shape index (κ3) is 3.11. The van der Waals surface area contributed by atoms with Crippen molar-refractivity contribution >= 4 is 35.0 Å². The highest BCUT2D eigenvalue weighted by Gasteiger charge is 2.52. The molecule has 0 unspecified atom stereocenters. The minimum atomic E-state index is -0.526. The van der Waals surface area contributed by atoms with E-state index >= 15 is 4.39 Å². The van der Waals surface area contributed by atoms with Crippen LogP contribution in [0.2, 0.25) is 0 Å². The summed E-state index contributed by atoms with van der Waals surface area (Å²) in [5.41, 5.74) is 0.787. The zero-order valence-corrected chi connectivity index (χ0v) is 18.7. The first-order chi connectivity index (χ1) is 16.0. The van der Waals surface area contributed by atoms with Gasteiger partial charge in [0.15, 0.2) is 11.5 Å². The van der Waals surface area contributed by atoms with Gasteiger partial charge in [0.2, 0.25) is 5.58 Å². The number of hydrogen-bond acceptors (Lipinski definition) is 8. The molecule has 33 heavy (non-hydrogen) atoms. The first-order valence-electron chi connectivity index (χ1n) is 11.5. The predicted molar refractivity (Wildman–Crippen MR) is 119 cm³/mol. The Morgan fingerprint density at radius 3 is 2.82 bits per heavy atom. The molecule has 1 aromatic heterocycles. The van der Waals surface area contributed by atoms with Crippen molar-refractivity contribution in [2.24, 2.45) is 15.4 Å². The van der Waals surface area contributed by atoms with Gasteiger partial charge in [-0.15, -0.1) is 0 Å². The SMILES string of the molecule is C[C@H]1CN2c3c(cc4c(C(=O)N5CCCCO5)noc4c3F)CC3(C=NCN=C3)[C@@H]2[C@@H](C)O1. The van der Waals surface area contributed by atoms with Crippen LogP contribution in [0.3, 0.4) is 0 Å². The molecular formula is C23H26FN5O4. The molecule has 9 nitrogen and oxygen atoms in total. The van der Waals surface area contributed by atoms with Crippen LogP contribution in [0.4, 0.5) is 10.1 Å². The van der Waals surface area contributed by atoms with Crippen LogP contribution in [0.1, 0.15) is 42.7 Å². The number of aromatic nitrogens is 1. The fourth-order valence-electron chi connectivity index (χ4n) is 5.82. The van der Waals surface area contributed by atoms with Crippen LogP contribution >= 0.6 is 0 Å². The lowest BCUT2D eigenvalue weighted by atomic mass is 9.69. The van der Waals surface area contributed by atoms with Crippen LogP contribution in [0.5, 0.6) is 0 Å². The first-order valence-corrected chi connectivity index (χ1v) is 11.5. The van der Waals surface area contributed by atoms with E-state index in [0.717, 1.165) is 18.4 Å². The van der Waals surface area contributed by atoms with E-state index in [1.165, 1.54) is 5.06 Å². The molecule has 6 rings (SSSR count). The van der Waals surface area contributed by atoms with Gasteiger partial charge < -0.3 is 14.2 Å². The zero-order valence-electron chi connectivity index (χ0n) is 18.7. The van der Waals surface area contributed by atoms with E-state index in [4.69, 9.17) is 14.1 Å². The van der Waals surface area contributed by atoms with Gasteiger partial charge in [0, 0.05) is 25.5 Å². The Balaban J connectivity index is 1.50. The topological polar surface area (TPSA) is 92.8 Å². The molecule has 3 atom stereocenters. The summed E-state index contributed by atoms with van der Waals surface area (Å²) >= 11 is 0. The summed E-state index contributed by atoms with van der Waals surface area (Å²) in [6, 6.07) is 1.67. The average Bonchev–Trinajstić information content (AvgIpc) is 3.23. The molecule has 1 spiro atoms. The summed E-state index contributed by atoms with van der Waals surface area (Å²) in [4.78, 5) is 29.5. The van der Waals surface area contributed by atoms with E-state index in [0.29, 0.717) is 43.9 Å². The van der Waals surface area contributed by atoms with Crippen LogP contribution < -0.4 is 4.90 Å². The van der Waals surface area contributed by atoms with Gasteiger partial charge in [0.25, 0.3) is 5.91 Å². The van der Waals surface area contributed by atoms with Crippen molar-refractivity contribution in [1.82, 2.24) is 10.2 Å². The number of amides is 1. The quantitative estimate of drug-likeness (QED) is 0.657. The number of rotatable bonds is 1. The molecule has 1 amide bonds. The molecule has 5 heterocycles. The number of benzene rings is 1. The summed E-state index contributed by atoms with van der Waals surface area (Å²) in [7, 11) is 0. The van der Waals surface area contributed by atoms with Crippen LogP contribution in [0.25, 0.3) is 11.0 Å². The van der Waals surface area contributed by atoms with Crippen molar-refractivity contribution in [2.45, 2.75) is 51.4 Å². The molecule has 2 aromatic rings. The molecule has 0 bridgehead atoms. The molecule has 0 aliphatic carbocycles. The summed E-state index contributed by atoms with van der Waals surface area (Å²) in [5, 5.41) is 5.61. The third-order valence-electron chi connectivity index (χ3n) is 7.03. The fraction of sp³-hybridized carbons (Fsp3) is 0.565. The highest BCUT2D eigenvalue weighted by molar-refractivity contribution is 6.05. The second kappa shape index (κ2) is 7.59. The zero-order chi connectivity index (χ0) is 22.7. The second-order valence-corrected chi connectivity index (χ2v) is 9.36. The number of carbonyl (C=O) groups is 1. The minimum Gasteiger partial charge on any atom is -0.372 e. The maximum atomic E-state index is 16.0. The number of anilines is 1. The highest BCUT2D eigenvalue weighted by Crippen LogP contribution is 2.47. The van der Waals surface area contributed by atoms with Gasteiger partial charge in [-0.3, -0.25) is 19.6 Å². The number of carbonyl (C=O) groups excluding carboxylic acids is 1. The number of ether oxygens (including phenoxy) is 1. The summed E-state index contributed by atoms with van der Waals surface area (Å²) in [6.45, 7) is 5.85. The van der Waals surface area contributed by atoms with E-state index in [1.54, 1.807) is 0 Å². The Morgan fingerprint density at radius 2 is 2.06 bits per heavy atom. The molecular weight excluding hydrogens is 429 g/mol. The number of aliphatic imine (C=N–C) groups is 2. The Bertz CT molecular complexity index is 1160. The maximum Gasteiger partial charge on any atom is 0.300 e. The summed E-state index contributed by atoms with van der Waals surface area (Å²) in [6.07, 6.45) is 5.87. The van der Waals surface area contributed by atoms with Gasteiger partial charge in [-0.25, -0.2) is 9.45 Å². The Hall–Kier alpha value is -2.85. The van der Waals surface area contributed by atoms with Gasteiger partial charge in [-0.2, -0.15) is 0 Å². The number of morpholine rings is 1. The normalized spacial score (nSPS) is 28.3. The van der Waals surface area contributed by atoms with Gasteiger partial charge in [0.05, 0.1) is 41.3 Å². The summed E-state index contributed by atoms with van der Waals surface area (Å²) in [5.74, 6) is -0.912. The largest absolute Gasteiger partial charge is 0.372 e. The molecule has 2 saturated heterocycles. The average molecular weight is 455 g/mol. The first kappa shape index (κ1) is 20.7. The lowest BCUT2D eigenvalue weighted by Crippen LogP contribution is -2.65. The molecule has 4 aliphatic rings. The molecule has 0 radical (unpaired) electrons. The maximum absolute atomic E-state index is 16.0. The molecule has 2 fully saturated rings. The van der Waals surface area contributed by atoms with E-state index in [1.807, 2.05) is 32.3 Å². The lowest BCUT2D eigenvalue weighted by molar-refractivity contribution is -0.144. The number of hydroxylamine groups is 2. The van der Waals surface area contributed by atoms with Crippen LogP contribution in [0.15, 0.2) is 20.6 Å². The standard InChI is InChI=1S/C23H26FN5O4/c1-13-9-28-19-15(8-23(10-25-12-26-11-23)21(28)14(2)32-13)7-16-18(27-33-20(16)17(19)24)22(30)29-5-3-4-6-31-29/h7,10-11,13-14,21H,3-6,8-9,12H2,1-2H3/t13-,14+,21-/m0/s1. The molecule has 1 aromatic carbocycles. The van der Waals surface area contributed by atoms with Gasteiger partial charge in [0.1, 0.15) is 6.67 Å². The Labute approximate surface area is 190 Å². The van der Waals surface area contributed by atoms with Crippen molar-refractivity contribution in [2.75, 3.05) is 31.3 Å². The highest BCUT2D eigenvalue weighted by atomic mass is 19.1. The lowest BCUT2D eigenvalue weighted by Gasteiger charge is -2.54. The smallest absolute Gasteiger partial charge is 0.300 e. The Morgan fingerprint density at radius 1 is 1.24 bits per heavy atom. The van der Waals surface area contributed by atoms with Crippen LogP contribution in [-0.4, -0.2) is 73.2 Å². The van der Waals surface area contributed by atoms with Crippen molar-refractivity contribution in [3.05, 3.63) is 23.1 Å². The molecule has 174 valence electrons.